The van der Waals surface area contributed by atoms with Gasteiger partial charge in [0.05, 0.1) is 5.54 Å². The zero-order valence-corrected chi connectivity index (χ0v) is 18.2. The van der Waals surface area contributed by atoms with Gasteiger partial charge in [-0.1, -0.05) is 36.4 Å². The van der Waals surface area contributed by atoms with E-state index in [1.165, 1.54) is 18.2 Å². The first-order valence-electron chi connectivity index (χ1n) is 10.6. The number of carbonyl (C=O) groups is 1. The molecule has 32 heavy (non-hydrogen) atoms. The standard InChI is InChI=1S/C27H24FNO3/c1-16-13-26(2,3)29-22-10-9-20-21-12-19(28)8-11-23(21)32-27(31,25(20)24(16)22)14-17-6-4-5-7-18(17)15-30/h4-13,15,29,31H,14H2,1-3H3. The topological polar surface area (TPSA) is 58.6 Å². The number of allylic oxidation sites excluding steroid dienone is 1. The average molecular weight is 429 g/mol. The lowest BCUT2D eigenvalue weighted by molar-refractivity contribution is -0.146. The predicted octanol–water partition coefficient (Wildman–Crippen LogP) is 5.69. The maximum atomic E-state index is 14.2. The summed E-state index contributed by atoms with van der Waals surface area (Å²) in [6.07, 6.45) is 2.96. The van der Waals surface area contributed by atoms with E-state index in [1.807, 2.05) is 31.2 Å². The van der Waals surface area contributed by atoms with Crippen LogP contribution in [-0.4, -0.2) is 16.9 Å². The van der Waals surface area contributed by atoms with Gasteiger partial charge in [-0.05, 0) is 61.7 Å². The molecule has 0 bridgehead atoms. The fourth-order valence-corrected chi connectivity index (χ4v) is 4.97. The molecule has 0 saturated heterocycles. The number of aliphatic hydroxyl groups is 1. The third-order valence-corrected chi connectivity index (χ3v) is 6.15. The minimum atomic E-state index is -1.75. The van der Waals surface area contributed by atoms with Crippen LogP contribution in [0.1, 0.15) is 47.8 Å². The summed E-state index contributed by atoms with van der Waals surface area (Å²) in [7, 11) is 0. The van der Waals surface area contributed by atoms with E-state index in [0.717, 1.165) is 23.1 Å². The highest BCUT2D eigenvalue weighted by Crippen LogP contribution is 2.51. The highest BCUT2D eigenvalue weighted by Gasteiger charge is 2.44. The van der Waals surface area contributed by atoms with Crippen molar-refractivity contribution < 1.29 is 19.0 Å². The van der Waals surface area contributed by atoms with E-state index in [1.54, 1.807) is 12.1 Å². The summed E-state index contributed by atoms with van der Waals surface area (Å²) in [5.74, 6) is -1.72. The van der Waals surface area contributed by atoms with E-state index in [4.69, 9.17) is 4.74 Å². The number of rotatable bonds is 3. The minimum Gasteiger partial charge on any atom is -0.457 e. The smallest absolute Gasteiger partial charge is 0.240 e. The molecule has 2 aliphatic rings. The first-order valence-corrected chi connectivity index (χ1v) is 10.6. The minimum absolute atomic E-state index is 0.0683. The van der Waals surface area contributed by atoms with Crippen molar-refractivity contribution in [2.24, 2.45) is 0 Å². The summed E-state index contributed by atoms with van der Waals surface area (Å²) in [4.78, 5) is 11.6. The normalized spacial score (nSPS) is 20.1. The van der Waals surface area contributed by atoms with Gasteiger partial charge in [-0.15, -0.1) is 0 Å². The van der Waals surface area contributed by atoms with Gasteiger partial charge in [0.2, 0.25) is 5.79 Å². The van der Waals surface area contributed by atoms with Crippen molar-refractivity contribution >= 4 is 17.5 Å². The molecule has 0 aliphatic carbocycles. The molecule has 5 rings (SSSR count). The van der Waals surface area contributed by atoms with Gasteiger partial charge in [0, 0.05) is 34.4 Å². The fourth-order valence-electron chi connectivity index (χ4n) is 4.97. The van der Waals surface area contributed by atoms with Crippen LogP contribution in [0.3, 0.4) is 0 Å². The molecule has 3 aromatic carbocycles. The zero-order valence-electron chi connectivity index (χ0n) is 18.2. The Labute approximate surface area is 186 Å². The van der Waals surface area contributed by atoms with Crippen molar-refractivity contribution in [3.63, 3.8) is 0 Å². The maximum absolute atomic E-state index is 14.2. The van der Waals surface area contributed by atoms with Crippen LogP contribution >= 0.6 is 0 Å². The van der Waals surface area contributed by atoms with Crippen LogP contribution in [0.2, 0.25) is 0 Å². The Hall–Kier alpha value is -3.44. The lowest BCUT2D eigenvalue weighted by Gasteiger charge is -2.41. The van der Waals surface area contributed by atoms with Crippen molar-refractivity contribution in [2.45, 2.75) is 38.5 Å². The van der Waals surface area contributed by atoms with Gasteiger partial charge in [0.1, 0.15) is 17.9 Å². The highest BCUT2D eigenvalue weighted by atomic mass is 19.1. The monoisotopic (exact) mass is 429 g/mol. The second kappa shape index (κ2) is 7.04. The molecule has 0 spiro atoms. The average Bonchev–Trinajstić information content (AvgIpc) is 2.73. The van der Waals surface area contributed by atoms with Crippen LogP contribution in [-0.2, 0) is 12.2 Å². The highest BCUT2D eigenvalue weighted by molar-refractivity contribution is 5.90. The Morgan fingerprint density at radius 2 is 1.88 bits per heavy atom. The molecule has 0 radical (unpaired) electrons. The van der Waals surface area contributed by atoms with Gasteiger partial charge in [0.15, 0.2) is 0 Å². The number of halogens is 1. The van der Waals surface area contributed by atoms with Gasteiger partial charge in [-0.2, -0.15) is 0 Å². The zero-order chi connectivity index (χ0) is 22.7. The summed E-state index contributed by atoms with van der Waals surface area (Å²) in [6.45, 7) is 6.15. The maximum Gasteiger partial charge on any atom is 0.240 e. The lowest BCUT2D eigenvalue weighted by Crippen LogP contribution is -2.41. The molecule has 5 heteroatoms. The van der Waals surface area contributed by atoms with Crippen molar-refractivity contribution in [2.75, 3.05) is 5.32 Å². The molecule has 3 aromatic rings. The number of anilines is 1. The van der Waals surface area contributed by atoms with Gasteiger partial charge < -0.3 is 15.2 Å². The van der Waals surface area contributed by atoms with Crippen LogP contribution < -0.4 is 10.1 Å². The third-order valence-electron chi connectivity index (χ3n) is 6.15. The summed E-state index contributed by atoms with van der Waals surface area (Å²) < 4.78 is 20.4. The first-order chi connectivity index (χ1) is 15.2. The van der Waals surface area contributed by atoms with E-state index in [-0.39, 0.29) is 17.8 Å². The summed E-state index contributed by atoms with van der Waals surface area (Å²) in [5, 5.41) is 15.5. The van der Waals surface area contributed by atoms with E-state index in [0.29, 0.717) is 33.6 Å². The molecule has 162 valence electrons. The van der Waals surface area contributed by atoms with Crippen molar-refractivity contribution in [1.29, 1.82) is 0 Å². The number of aldehydes is 1. The Balaban J connectivity index is 1.78. The summed E-state index contributed by atoms with van der Waals surface area (Å²) >= 11 is 0. The lowest BCUT2D eigenvalue weighted by atomic mass is 9.79. The Morgan fingerprint density at radius 1 is 1.09 bits per heavy atom. The summed E-state index contributed by atoms with van der Waals surface area (Å²) in [5.41, 5.74) is 5.49. The second-order valence-electron chi connectivity index (χ2n) is 9.11. The molecular weight excluding hydrogens is 405 g/mol. The van der Waals surface area contributed by atoms with Gasteiger partial charge in [-0.3, -0.25) is 4.79 Å². The van der Waals surface area contributed by atoms with Gasteiger partial charge in [-0.25, -0.2) is 4.39 Å². The third kappa shape index (κ3) is 3.21. The van der Waals surface area contributed by atoms with Crippen molar-refractivity contribution in [3.05, 3.63) is 88.7 Å². The Morgan fingerprint density at radius 3 is 2.66 bits per heavy atom. The number of hydrogen-bond acceptors (Lipinski definition) is 4. The molecule has 2 heterocycles. The van der Waals surface area contributed by atoms with Crippen molar-refractivity contribution in [1.82, 2.24) is 0 Å². The number of fused-ring (bicyclic) bond motifs is 5. The second-order valence-corrected chi connectivity index (χ2v) is 9.11. The largest absolute Gasteiger partial charge is 0.457 e. The van der Waals surface area contributed by atoms with E-state index < -0.39 is 5.79 Å². The van der Waals surface area contributed by atoms with E-state index in [2.05, 4.69) is 25.2 Å². The first kappa shape index (κ1) is 20.5. The molecule has 1 unspecified atom stereocenters. The number of nitrogens with one attached hydrogen (secondary N) is 1. The number of ether oxygens (including phenoxy) is 1. The molecular formula is C27H24FNO3. The van der Waals surface area contributed by atoms with E-state index in [9.17, 15) is 14.3 Å². The molecule has 0 aromatic heterocycles. The number of hydrogen-bond donors (Lipinski definition) is 2. The van der Waals surface area contributed by atoms with Crippen LogP contribution in [0.15, 0.2) is 60.7 Å². The van der Waals surface area contributed by atoms with Crippen LogP contribution in [0, 0.1) is 5.82 Å². The predicted molar refractivity (Wildman–Crippen MR) is 123 cm³/mol. The molecule has 4 nitrogen and oxygen atoms in total. The number of benzene rings is 3. The molecule has 2 aliphatic heterocycles. The molecule has 2 N–H and O–H groups in total. The fraction of sp³-hybridized carbons (Fsp3) is 0.222. The molecule has 0 amide bonds. The van der Waals surface area contributed by atoms with Crippen molar-refractivity contribution in [3.8, 4) is 16.9 Å². The van der Waals surface area contributed by atoms with Crippen LogP contribution in [0.25, 0.3) is 16.7 Å². The quantitative estimate of drug-likeness (QED) is 0.525. The number of carbonyl (C=O) groups excluding carboxylic acids is 1. The molecule has 0 fully saturated rings. The Kier molecular flexibility index (Phi) is 4.50. The van der Waals surface area contributed by atoms with Gasteiger partial charge >= 0.3 is 0 Å². The molecule has 1 atom stereocenters. The Bertz CT molecular complexity index is 1290. The van der Waals surface area contributed by atoms with Crippen LogP contribution in [0.5, 0.6) is 5.75 Å². The van der Waals surface area contributed by atoms with Gasteiger partial charge in [0.25, 0.3) is 0 Å². The van der Waals surface area contributed by atoms with Crippen LogP contribution in [0.4, 0.5) is 10.1 Å². The van der Waals surface area contributed by atoms with E-state index >= 15 is 0 Å². The molecule has 0 saturated carbocycles. The summed E-state index contributed by atoms with van der Waals surface area (Å²) in [6, 6.07) is 15.3. The SMILES string of the molecule is CC1=CC(C)(C)Nc2ccc3c(c21)C(O)(Cc1ccccc1C=O)Oc1ccc(F)cc1-3.